The Kier molecular flexibility index (Phi) is 5.38. The predicted molar refractivity (Wildman–Crippen MR) is 119 cm³/mol. The first-order valence-electron chi connectivity index (χ1n) is 11.3. The normalized spacial score (nSPS) is 30.4. The van der Waals surface area contributed by atoms with Crippen LogP contribution >= 0.6 is 11.8 Å². The molecule has 0 saturated heterocycles. The molecule has 4 aliphatic rings. The Morgan fingerprint density at radius 2 is 1.77 bits per heavy atom. The first-order valence-corrected chi connectivity index (χ1v) is 12.3. The van der Waals surface area contributed by atoms with Gasteiger partial charge in [-0.3, -0.25) is 4.79 Å². The van der Waals surface area contributed by atoms with E-state index in [1.807, 2.05) is 37.3 Å². The zero-order chi connectivity index (χ0) is 20.7. The quantitative estimate of drug-likeness (QED) is 0.663. The fourth-order valence-corrected chi connectivity index (χ4v) is 7.45. The molecule has 1 amide bonds. The predicted octanol–water partition coefficient (Wildman–Crippen LogP) is 4.54. The van der Waals surface area contributed by atoms with E-state index in [1.54, 1.807) is 0 Å². The Labute approximate surface area is 183 Å². The van der Waals surface area contributed by atoms with Gasteiger partial charge in [-0.25, -0.2) is 0 Å². The van der Waals surface area contributed by atoms with Crippen molar-refractivity contribution in [3.8, 4) is 0 Å². The molecular formula is C24H32N4OS. The average molecular weight is 425 g/mol. The van der Waals surface area contributed by atoms with Gasteiger partial charge in [-0.15, -0.1) is 10.2 Å². The van der Waals surface area contributed by atoms with Crippen molar-refractivity contribution in [2.45, 2.75) is 63.1 Å². The molecule has 4 aliphatic carbocycles. The highest BCUT2D eigenvalue weighted by molar-refractivity contribution is 7.99. The van der Waals surface area contributed by atoms with Gasteiger partial charge >= 0.3 is 0 Å². The Balaban J connectivity index is 1.18. The summed E-state index contributed by atoms with van der Waals surface area (Å²) in [6.45, 7) is 2.02. The number of carbonyl (C=O) groups excluding carboxylic acids is 1. The smallest absolute Gasteiger partial charge is 0.230 e. The summed E-state index contributed by atoms with van der Waals surface area (Å²) in [6.07, 6.45) is 9.61. The van der Waals surface area contributed by atoms with Crippen molar-refractivity contribution in [1.29, 1.82) is 0 Å². The zero-order valence-electron chi connectivity index (χ0n) is 18.0. The van der Waals surface area contributed by atoms with Gasteiger partial charge in [0.1, 0.15) is 5.82 Å². The SMILES string of the molecule is CC(NC(=O)CSc1nnc(CC23CC4CC(CC(C4)C2)C3)n1C)c1ccccc1. The van der Waals surface area contributed by atoms with E-state index in [0.717, 1.165) is 40.7 Å². The molecule has 1 heterocycles. The molecule has 1 N–H and O–H groups in total. The number of hydrogen-bond acceptors (Lipinski definition) is 4. The van der Waals surface area contributed by atoms with E-state index < -0.39 is 0 Å². The van der Waals surface area contributed by atoms with Crippen LogP contribution in [0.4, 0.5) is 0 Å². The molecule has 1 unspecified atom stereocenters. The summed E-state index contributed by atoms with van der Waals surface area (Å²) >= 11 is 1.48. The van der Waals surface area contributed by atoms with Crippen molar-refractivity contribution in [3.63, 3.8) is 0 Å². The molecule has 1 aromatic carbocycles. The molecule has 2 aromatic rings. The first kappa shape index (κ1) is 20.1. The summed E-state index contributed by atoms with van der Waals surface area (Å²) in [5.74, 6) is 4.34. The monoisotopic (exact) mass is 424 g/mol. The lowest BCUT2D eigenvalue weighted by molar-refractivity contribution is -0.119. The number of hydrogen-bond donors (Lipinski definition) is 1. The zero-order valence-corrected chi connectivity index (χ0v) is 18.8. The van der Waals surface area contributed by atoms with Crippen molar-refractivity contribution < 1.29 is 4.79 Å². The van der Waals surface area contributed by atoms with Crippen LogP contribution in [0.3, 0.4) is 0 Å². The average Bonchev–Trinajstić information content (AvgIpc) is 3.05. The number of nitrogens with zero attached hydrogens (tertiary/aromatic N) is 3. The second kappa shape index (κ2) is 8.03. The highest BCUT2D eigenvalue weighted by Crippen LogP contribution is 2.60. The highest BCUT2D eigenvalue weighted by atomic mass is 32.2. The maximum atomic E-state index is 12.4. The largest absolute Gasteiger partial charge is 0.349 e. The Morgan fingerprint density at radius 1 is 1.13 bits per heavy atom. The lowest BCUT2D eigenvalue weighted by Gasteiger charge is -2.56. The van der Waals surface area contributed by atoms with Crippen LogP contribution in [0.25, 0.3) is 0 Å². The van der Waals surface area contributed by atoms with Gasteiger partial charge in [0.25, 0.3) is 0 Å². The number of nitrogens with one attached hydrogen (secondary N) is 1. The third-order valence-electron chi connectivity index (χ3n) is 7.63. The maximum Gasteiger partial charge on any atom is 0.230 e. The van der Waals surface area contributed by atoms with Crippen LogP contribution in [0.5, 0.6) is 0 Å². The van der Waals surface area contributed by atoms with Gasteiger partial charge in [0.05, 0.1) is 11.8 Å². The standard InChI is InChI=1S/C24H32N4OS/c1-16(20-6-4-3-5-7-20)25-22(29)15-30-23-27-26-21(28(23)2)14-24-11-17-8-18(12-24)10-19(9-17)13-24/h3-7,16-19H,8-15H2,1-2H3,(H,25,29). The number of carbonyl (C=O) groups is 1. The molecule has 6 heteroatoms. The molecule has 160 valence electrons. The Morgan fingerprint density at radius 3 is 2.40 bits per heavy atom. The fourth-order valence-electron chi connectivity index (χ4n) is 6.70. The lowest BCUT2D eigenvalue weighted by atomic mass is 9.49. The van der Waals surface area contributed by atoms with Crippen molar-refractivity contribution >= 4 is 17.7 Å². The molecule has 0 spiro atoms. The number of benzene rings is 1. The minimum Gasteiger partial charge on any atom is -0.349 e. The molecule has 1 atom stereocenters. The summed E-state index contributed by atoms with van der Waals surface area (Å²) in [7, 11) is 2.06. The van der Waals surface area contributed by atoms with Crippen LogP contribution in [0.1, 0.15) is 62.9 Å². The molecule has 0 radical (unpaired) electrons. The number of aromatic nitrogens is 3. The van der Waals surface area contributed by atoms with Crippen LogP contribution in [-0.4, -0.2) is 26.4 Å². The third-order valence-corrected chi connectivity index (χ3v) is 8.65. The van der Waals surface area contributed by atoms with E-state index in [-0.39, 0.29) is 11.9 Å². The number of thioether (sulfide) groups is 1. The molecular weight excluding hydrogens is 392 g/mol. The highest BCUT2D eigenvalue weighted by Gasteiger charge is 2.51. The van der Waals surface area contributed by atoms with Crippen LogP contribution < -0.4 is 5.32 Å². The molecule has 4 bridgehead atoms. The van der Waals surface area contributed by atoms with Crippen molar-refractivity contribution in [2.24, 2.45) is 30.2 Å². The Hall–Kier alpha value is -1.82. The van der Waals surface area contributed by atoms with Gasteiger partial charge in [-0.05, 0) is 74.2 Å². The van der Waals surface area contributed by atoms with Crippen molar-refractivity contribution in [2.75, 3.05) is 5.75 Å². The summed E-state index contributed by atoms with van der Waals surface area (Å²) in [5.41, 5.74) is 1.58. The number of rotatable bonds is 7. The minimum atomic E-state index is 0.00504. The minimum absolute atomic E-state index is 0.00504. The lowest BCUT2D eigenvalue weighted by Crippen LogP contribution is -2.47. The molecule has 1 aromatic heterocycles. The molecule has 30 heavy (non-hydrogen) atoms. The second-order valence-corrected chi connectivity index (χ2v) is 11.0. The van der Waals surface area contributed by atoms with E-state index in [2.05, 4.69) is 27.1 Å². The van der Waals surface area contributed by atoms with Crippen LogP contribution in [0.15, 0.2) is 35.5 Å². The van der Waals surface area contributed by atoms with Gasteiger partial charge in [0.15, 0.2) is 5.16 Å². The van der Waals surface area contributed by atoms with Gasteiger partial charge in [-0.2, -0.15) is 0 Å². The van der Waals surface area contributed by atoms with E-state index >= 15 is 0 Å². The Bertz CT molecular complexity index is 874. The van der Waals surface area contributed by atoms with E-state index in [9.17, 15) is 4.79 Å². The molecule has 5 nitrogen and oxygen atoms in total. The summed E-state index contributed by atoms with van der Waals surface area (Å²) < 4.78 is 2.12. The maximum absolute atomic E-state index is 12.4. The summed E-state index contributed by atoms with van der Waals surface area (Å²) in [4.78, 5) is 12.4. The molecule has 6 rings (SSSR count). The molecule has 4 saturated carbocycles. The van der Waals surface area contributed by atoms with Crippen molar-refractivity contribution in [3.05, 3.63) is 41.7 Å². The molecule has 0 aliphatic heterocycles. The van der Waals surface area contributed by atoms with E-state index in [1.165, 1.54) is 50.3 Å². The van der Waals surface area contributed by atoms with Gasteiger partial charge in [0.2, 0.25) is 5.91 Å². The topological polar surface area (TPSA) is 59.8 Å². The summed E-state index contributed by atoms with van der Waals surface area (Å²) in [5, 5.41) is 12.9. The van der Waals surface area contributed by atoms with Gasteiger partial charge in [-0.1, -0.05) is 42.1 Å². The fraction of sp³-hybridized carbons (Fsp3) is 0.625. The number of amides is 1. The van der Waals surface area contributed by atoms with Crippen LogP contribution in [0.2, 0.25) is 0 Å². The van der Waals surface area contributed by atoms with Gasteiger partial charge in [0, 0.05) is 13.5 Å². The van der Waals surface area contributed by atoms with Gasteiger partial charge < -0.3 is 9.88 Å². The van der Waals surface area contributed by atoms with E-state index in [0.29, 0.717) is 11.2 Å². The third kappa shape index (κ3) is 4.03. The van der Waals surface area contributed by atoms with Crippen molar-refractivity contribution in [1.82, 2.24) is 20.1 Å². The second-order valence-electron chi connectivity index (χ2n) is 10.0. The van der Waals surface area contributed by atoms with E-state index in [4.69, 9.17) is 0 Å². The molecule has 4 fully saturated rings. The summed E-state index contributed by atoms with van der Waals surface area (Å²) in [6, 6.07) is 10.1. The van der Waals surface area contributed by atoms with Crippen LogP contribution in [0, 0.1) is 23.2 Å². The van der Waals surface area contributed by atoms with Crippen LogP contribution in [-0.2, 0) is 18.3 Å². The first-order chi connectivity index (χ1) is 14.5.